The van der Waals surface area contributed by atoms with E-state index in [-0.39, 0.29) is 0 Å². The summed E-state index contributed by atoms with van der Waals surface area (Å²) in [6.07, 6.45) is 8.47. The van der Waals surface area contributed by atoms with Crippen molar-refractivity contribution < 1.29 is 4.18 Å². The van der Waals surface area contributed by atoms with E-state index in [9.17, 15) is 0 Å². The highest BCUT2D eigenvalue weighted by atomic mass is 32.1. The second kappa shape index (κ2) is 6.62. The van der Waals surface area contributed by atoms with Gasteiger partial charge in [0.2, 0.25) is 0 Å². The monoisotopic (exact) mass is 271 g/mol. The smallest absolute Gasteiger partial charge is 0.0748 e. The number of hydrogen-bond donors (Lipinski definition) is 1. The minimum absolute atomic E-state index is 0.394. The lowest BCUT2D eigenvalue weighted by Crippen LogP contribution is -2.52. The second-order valence-electron chi connectivity index (χ2n) is 6.77. The van der Waals surface area contributed by atoms with Crippen molar-refractivity contribution in [3.63, 3.8) is 0 Å². The van der Waals surface area contributed by atoms with Gasteiger partial charge in [-0.2, -0.15) is 0 Å². The van der Waals surface area contributed by atoms with Crippen molar-refractivity contribution in [2.45, 2.75) is 77.5 Å². The van der Waals surface area contributed by atoms with E-state index in [1.807, 2.05) is 0 Å². The molecule has 2 fully saturated rings. The Hall–Kier alpha value is 0.270. The molecule has 0 atom stereocenters. The van der Waals surface area contributed by atoms with Gasteiger partial charge < -0.3 is 4.18 Å². The lowest BCUT2D eigenvalue weighted by molar-refractivity contribution is 0.000797. The van der Waals surface area contributed by atoms with Gasteiger partial charge in [0, 0.05) is 18.6 Å². The van der Waals surface area contributed by atoms with E-state index in [0.29, 0.717) is 12.1 Å². The molecule has 0 bridgehead atoms. The summed E-state index contributed by atoms with van der Waals surface area (Å²) in [5.41, 5.74) is 0. The zero-order valence-corrected chi connectivity index (χ0v) is 13.0. The SMILES string of the molecule is CC(C)N(C[C@H]1CC[C@H](C)CC1)[C@H]1C[C@H](OS)C1. The van der Waals surface area contributed by atoms with E-state index in [0.717, 1.165) is 17.9 Å². The number of hydrogen-bond acceptors (Lipinski definition) is 3. The molecule has 0 aliphatic heterocycles. The molecular formula is C15H29NOS. The Morgan fingerprint density at radius 2 is 1.78 bits per heavy atom. The van der Waals surface area contributed by atoms with Gasteiger partial charge in [0.05, 0.1) is 6.10 Å². The largest absolute Gasteiger partial charge is 0.315 e. The molecule has 0 aromatic rings. The van der Waals surface area contributed by atoms with Crippen molar-refractivity contribution in [3.05, 3.63) is 0 Å². The summed E-state index contributed by atoms with van der Waals surface area (Å²) in [5.74, 6) is 1.89. The molecule has 0 radical (unpaired) electrons. The molecule has 0 spiro atoms. The van der Waals surface area contributed by atoms with Crippen LogP contribution in [-0.2, 0) is 4.18 Å². The van der Waals surface area contributed by atoms with Crippen molar-refractivity contribution >= 4 is 12.9 Å². The maximum atomic E-state index is 5.12. The zero-order chi connectivity index (χ0) is 13.1. The maximum absolute atomic E-state index is 5.12. The molecule has 3 heteroatoms. The third kappa shape index (κ3) is 3.64. The number of thiol groups is 1. The number of rotatable bonds is 5. The van der Waals surface area contributed by atoms with Gasteiger partial charge in [-0.05, 0) is 64.3 Å². The predicted octanol–water partition coefficient (Wildman–Crippen LogP) is 3.92. The molecule has 18 heavy (non-hydrogen) atoms. The Kier molecular flexibility index (Phi) is 5.40. The van der Waals surface area contributed by atoms with E-state index >= 15 is 0 Å². The Labute approximate surface area is 118 Å². The van der Waals surface area contributed by atoms with Gasteiger partial charge in [0.15, 0.2) is 0 Å². The fraction of sp³-hybridized carbons (Fsp3) is 1.00. The molecule has 0 aromatic heterocycles. The van der Waals surface area contributed by atoms with Crippen LogP contribution in [0.2, 0.25) is 0 Å². The average Bonchev–Trinajstić information content (AvgIpc) is 2.28. The van der Waals surface area contributed by atoms with E-state index in [2.05, 4.69) is 38.6 Å². The molecule has 106 valence electrons. The fourth-order valence-electron chi connectivity index (χ4n) is 3.49. The molecule has 0 heterocycles. The molecule has 0 aromatic carbocycles. The van der Waals surface area contributed by atoms with Crippen LogP contribution in [0.25, 0.3) is 0 Å². The minimum Gasteiger partial charge on any atom is -0.315 e. The van der Waals surface area contributed by atoms with Crippen molar-refractivity contribution in [2.24, 2.45) is 11.8 Å². The lowest BCUT2D eigenvalue weighted by atomic mass is 9.81. The molecule has 0 unspecified atom stereocenters. The van der Waals surface area contributed by atoms with Crippen molar-refractivity contribution in [1.82, 2.24) is 4.90 Å². The van der Waals surface area contributed by atoms with Crippen LogP contribution in [0.4, 0.5) is 0 Å². The minimum atomic E-state index is 0.394. The molecule has 2 nitrogen and oxygen atoms in total. The van der Waals surface area contributed by atoms with Crippen LogP contribution in [0.3, 0.4) is 0 Å². The highest BCUT2D eigenvalue weighted by Gasteiger charge is 2.36. The first-order chi connectivity index (χ1) is 8.60. The number of nitrogens with zero attached hydrogens (tertiary/aromatic N) is 1. The highest BCUT2D eigenvalue weighted by Crippen LogP contribution is 2.34. The molecule has 0 amide bonds. The van der Waals surface area contributed by atoms with Gasteiger partial charge in [0.1, 0.15) is 0 Å². The van der Waals surface area contributed by atoms with Crippen molar-refractivity contribution in [3.8, 4) is 0 Å². The third-order valence-electron chi connectivity index (χ3n) is 4.96. The van der Waals surface area contributed by atoms with Gasteiger partial charge in [-0.25, -0.2) is 0 Å². The normalized spacial score (nSPS) is 37.0. The molecule has 0 N–H and O–H groups in total. The molecule has 2 saturated carbocycles. The van der Waals surface area contributed by atoms with E-state index < -0.39 is 0 Å². The quantitative estimate of drug-likeness (QED) is 0.601. The van der Waals surface area contributed by atoms with Gasteiger partial charge in [-0.3, -0.25) is 4.90 Å². The molecule has 2 rings (SSSR count). The summed E-state index contributed by atoms with van der Waals surface area (Å²) >= 11 is 3.93. The van der Waals surface area contributed by atoms with Crippen LogP contribution in [-0.4, -0.2) is 29.6 Å². The summed E-state index contributed by atoms with van der Waals surface area (Å²) in [5, 5.41) is 0. The summed E-state index contributed by atoms with van der Waals surface area (Å²) in [7, 11) is 0. The third-order valence-corrected chi connectivity index (χ3v) is 5.25. The van der Waals surface area contributed by atoms with Crippen molar-refractivity contribution in [2.75, 3.05) is 6.54 Å². The van der Waals surface area contributed by atoms with Crippen LogP contribution in [0, 0.1) is 11.8 Å². The fourth-order valence-corrected chi connectivity index (χ4v) is 3.66. The summed E-state index contributed by atoms with van der Waals surface area (Å²) in [6.45, 7) is 8.37. The molecule has 2 aliphatic rings. The Balaban J connectivity index is 1.80. The van der Waals surface area contributed by atoms with E-state index in [4.69, 9.17) is 4.18 Å². The first-order valence-electron chi connectivity index (χ1n) is 7.66. The summed E-state index contributed by atoms with van der Waals surface area (Å²) in [6, 6.07) is 1.40. The van der Waals surface area contributed by atoms with Gasteiger partial charge in [-0.15, -0.1) is 0 Å². The predicted molar refractivity (Wildman–Crippen MR) is 79.8 cm³/mol. The maximum Gasteiger partial charge on any atom is 0.0748 e. The van der Waals surface area contributed by atoms with E-state index in [1.165, 1.54) is 45.1 Å². The summed E-state index contributed by atoms with van der Waals surface area (Å²) < 4.78 is 5.12. The molecule has 2 aliphatic carbocycles. The van der Waals surface area contributed by atoms with Crippen LogP contribution >= 0.6 is 12.9 Å². The lowest BCUT2D eigenvalue weighted by Gasteiger charge is -2.45. The Morgan fingerprint density at radius 1 is 1.17 bits per heavy atom. The van der Waals surface area contributed by atoms with E-state index in [1.54, 1.807) is 0 Å². The highest BCUT2D eigenvalue weighted by molar-refractivity contribution is 7.75. The topological polar surface area (TPSA) is 12.5 Å². The second-order valence-corrected chi connectivity index (χ2v) is 6.98. The van der Waals surface area contributed by atoms with Crippen LogP contribution in [0.5, 0.6) is 0 Å². The Morgan fingerprint density at radius 3 is 2.28 bits per heavy atom. The first-order valence-corrected chi connectivity index (χ1v) is 8.02. The zero-order valence-electron chi connectivity index (χ0n) is 12.1. The van der Waals surface area contributed by atoms with Crippen molar-refractivity contribution in [1.29, 1.82) is 0 Å². The average molecular weight is 271 g/mol. The van der Waals surface area contributed by atoms with Gasteiger partial charge in [-0.1, -0.05) is 19.8 Å². The molecule has 0 saturated heterocycles. The van der Waals surface area contributed by atoms with Crippen LogP contribution < -0.4 is 0 Å². The molecular weight excluding hydrogens is 242 g/mol. The van der Waals surface area contributed by atoms with Crippen LogP contribution in [0.1, 0.15) is 59.3 Å². The van der Waals surface area contributed by atoms with Gasteiger partial charge >= 0.3 is 0 Å². The Bertz CT molecular complexity index is 245. The summed E-state index contributed by atoms with van der Waals surface area (Å²) in [4.78, 5) is 2.71. The van der Waals surface area contributed by atoms with Crippen LogP contribution in [0.15, 0.2) is 0 Å². The standard InChI is InChI=1S/C15H29NOS/c1-11(2)16(14-8-15(9-14)17-18)10-13-6-4-12(3)5-7-13/h11-15,18H,4-10H2,1-3H3/t12-,13-,14-,15-. The first kappa shape index (κ1) is 14.7. The van der Waals surface area contributed by atoms with Gasteiger partial charge in [0.25, 0.3) is 0 Å².